The van der Waals surface area contributed by atoms with Gasteiger partial charge in [-0.3, -0.25) is 9.45 Å². The lowest BCUT2D eigenvalue weighted by Gasteiger charge is -2.48. The summed E-state index contributed by atoms with van der Waals surface area (Å²) >= 11 is 0. The molecule has 0 saturated carbocycles. The Labute approximate surface area is 119 Å². The normalized spacial score (nSPS) is 15.7. The number of β-amino-alcohol motifs (C(OH)–C–C–N with tert-alkyl or cyclic N) is 1. The van der Waals surface area contributed by atoms with E-state index in [0.717, 1.165) is 0 Å². The van der Waals surface area contributed by atoms with Crippen LogP contribution in [0.3, 0.4) is 0 Å². The fourth-order valence-electron chi connectivity index (χ4n) is 2.09. The molecule has 1 atom stereocenters. The van der Waals surface area contributed by atoms with Gasteiger partial charge in [0.25, 0.3) is 10.1 Å². The van der Waals surface area contributed by atoms with E-state index in [1.54, 1.807) is 20.8 Å². The number of hydrogen-bond acceptors (Lipinski definition) is 7. The van der Waals surface area contributed by atoms with E-state index in [4.69, 9.17) is 4.55 Å². The van der Waals surface area contributed by atoms with Crippen LogP contribution in [0.5, 0.6) is 0 Å². The maximum absolute atomic E-state index is 10.8. The highest BCUT2D eigenvalue weighted by molar-refractivity contribution is 7.85. The highest BCUT2D eigenvalue weighted by atomic mass is 32.2. The molecule has 0 aliphatic rings. The minimum atomic E-state index is -4.34. The summed E-state index contributed by atoms with van der Waals surface area (Å²) in [6.07, 6.45) is -1.42. The van der Waals surface area contributed by atoms with Gasteiger partial charge in [0.2, 0.25) is 0 Å². The molecule has 1 unspecified atom stereocenters. The molecule has 0 aliphatic carbocycles. The molecule has 0 aromatic heterocycles. The number of nitrogens with zero attached hydrogens (tertiary/aromatic N) is 1. The molecule has 0 rings (SSSR count). The van der Waals surface area contributed by atoms with Crippen molar-refractivity contribution >= 4 is 10.1 Å². The molecule has 0 heterocycles. The largest absolute Gasteiger partial charge is 0.394 e. The van der Waals surface area contributed by atoms with E-state index in [2.05, 4.69) is 0 Å². The van der Waals surface area contributed by atoms with Crippen LogP contribution in [-0.4, -0.2) is 87.6 Å². The van der Waals surface area contributed by atoms with Crippen molar-refractivity contribution in [3.05, 3.63) is 0 Å². The van der Waals surface area contributed by atoms with Gasteiger partial charge in [-0.05, 0) is 20.8 Å². The number of hydrogen-bond donors (Lipinski definition) is 5. The van der Waals surface area contributed by atoms with Crippen molar-refractivity contribution in [1.29, 1.82) is 0 Å². The van der Waals surface area contributed by atoms with Gasteiger partial charge in [0.05, 0.1) is 31.5 Å². The summed E-state index contributed by atoms with van der Waals surface area (Å²) in [5.41, 5.74) is -2.08. The summed E-state index contributed by atoms with van der Waals surface area (Å²) in [6.45, 7) is 3.21. The van der Waals surface area contributed by atoms with E-state index < -0.39 is 52.9 Å². The van der Waals surface area contributed by atoms with Crippen LogP contribution in [0.4, 0.5) is 0 Å². The predicted octanol–water partition coefficient (Wildman–Crippen LogP) is -1.95. The zero-order chi connectivity index (χ0) is 16.2. The van der Waals surface area contributed by atoms with Gasteiger partial charge in [0, 0.05) is 12.1 Å². The van der Waals surface area contributed by atoms with Crippen LogP contribution >= 0.6 is 0 Å². The van der Waals surface area contributed by atoms with E-state index in [0.29, 0.717) is 0 Å². The van der Waals surface area contributed by atoms with Crippen molar-refractivity contribution in [3.8, 4) is 0 Å². The number of aliphatic hydroxyl groups excluding tert-OH is 4. The molecule has 0 aliphatic heterocycles. The topological polar surface area (TPSA) is 139 Å². The van der Waals surface area contributed by atoms with Crippen LogP contribution < -0.4 is 0 Å². The molecular formula is C11H25NO7S. The van der Waals surface area contributed by atoms with Gasteiger partial charge in [-0.1, -0.05) is 0 Å². The third kappa shape index (κ3) is 5.60. The summed E-state index contributed by atoms with van der Waals surface area (Å²) in [4.78, 5) is 1.43. The molecule has 0 saturated heterocycles. The average Bonchev–Trinajstić information content (AvgIpc) is 2.27. The SMILES string of the molecule is CC(C)(C)N(CC(O)CS(=O)(=O)O)C(CO)(CO)CO. The molecule has 0 spiro atoms. The summed E-state index contributed by atoms with van der Waals surface area (Å²) < 4.78 is 30.2. The zero-order valence-electron chi connectivity index (χ0n) is 12.0. The maximum Gasteiger partial charge on any atom is 0.267 e. The Morgan fingerprint density at radius 2 is 1.45 bits per heavy atom. The Hall–Kier alpha value is -0.290. The fraction of sp³-hybridized carbons (Fsp3) is 1.00. The van der Waals surface area contributed by atoms with Crippen molar-refractivity contribution in [3.63, 3.8) is 0 Å². The van der Waals surface area contributed by atoms with Gasteiger partial charge >= 0.3 is 0 Å². The first-order valence-electron chi connectivity index (χ1n) is 6.15. The van der Waals surface area contributed by atoms with E-state index in [9.17, 15) is 28.8 Å². The lowest BCUT2D eigenvalue weighted by molar-refractivity contribution is -0.100. The van der Waals surface area contributed by atoms with Crippen molar-refractivity contribution in [2.24, 2.45) is 0 Å². The summed E-state index contributed by atoms with van der Waals surface area (Å²) in [6, 6.07) is 0. The fourth-order valence-corrected chi connectivity index (χ4v) is 2.68. The first-order valence-corrected chi connectivity index (χ1v) is 7.76. The van der Waals surface area contributed by atoms with Crippen LogP contribution in [0, 0.1) is 0 Å². The standard InChI is InChI=1S/C11H25NO7S/c1-10(2,3)12(11(6-13,7-14)8-15)4-9(16)5-20(17,18)19/h9,13-16H,4-8H2,1-3H3,(H,17,18,19). The lowest BCUT2D eigenvalue weighted by atomic mass is 9.92. The van der Waals surface area contributed by atoms with E-state index >= 15 is 0 Å². The molecule has 0 bridgehead atoms. The quantitative estimate of drug-likeness (QED) is 0.326. The molecule has 5 N–H and O–H groups in total. The Kier molecular flexibility index (Phi) is 7.02. The highest BCUT2D eigenvalue weighted by Crippen LogP contribution is 2.25. The molecule has 0 aromatic carbocycles. The molecule has 8 nitrogen and oxygen atoms in total. The smallest absolute Gasteiger partial charge is 0.267 e. The Morgan fingerprint density at radius 1 is 1.05 bits per heavy atom. The van der Waals surface area contributed by atoms with Crippen LogP contribution in [0.2, 0.25) is 0 Å². The Morgan fingerprint density at radius 3 is 1.70 bits per heavy atom. The molecule has 20 heavy (non-hydrogen) atoms. The van der Waals surface area contributed by atoms with Gasteiger partial charge in [-0.15, -0.1) is 0 Å². The first-order chi connectivity index (χ1) is 8.91. The predicted molar refractivity (Wildman–Crippen MR) is 72.9 cm³/mol. The molecule has 0 radical (unpaired) electrons. The van der Waals surface area contributed by atoms with Crippen molar-refractivity contribution < 1.29 is 33.4 Å². The molecule has 0 aromatic rings. The lowest BCUT2D eigenvalue weighted by Crippen LogP contribution is -2.65. The molecule has 122 valence electrons. The second-order valence-corrected chi connectivity index (χ2v) is 7.38. The number of aliphatic hydroxyl groups is 4. The van der Waals surface area contributed by atoms with Crippen LogP contribution in [0.1, 0.15) is 20.8 Å². The highest BCUT2D eigenvalue weighted by Gasteiger charge is 2.42. The van der Waals surface area contributed by atoms with Gasteiger partial charge in [-0.25, -0.2) is 0 Å². The molecule has 0 fully saturated rings. The van der Waals surface area contributed by atoms with E-state index in [1.165, 1.54) is 4.90 Å². The van der Waals surface area contributed by atoms with Crippen LogP contribution in [-0.2, 0) is 10.1 Å². The van der Waals surface area contributed by atoms with Gasteiger partial charge in [0.1, 0.15) is 5.75 Å². The van der Waals surface area contributed by atoms with E-state index in [1.807, 2.05) is 0 Å². The molecular weight excluding hydrogens is 290 g/mol. The number of rotatable bonds is 8. The monoisotopic (exact) mass is 315 g/mol. The summed E-state index contributed by atoms with van der Waals surface area (Å²) in [7, 11) is -4.34. The molecule has 0 amide bonds. The summed E-state index contributed by atoms with van der Waals surface area (Å²) in [5.74, 6) is -0.863. The zero-order valence-corrected chi connectivity index (χ0v) is 12.8. The Bertz CT molecular complexity index is 378. The van der Waals surface area contributed by atoms with E-state index in [-0.39, 0.29) is 6.54 Å². The second kappa shape index (κ2) is 7.12. The third-order valence-corrected chi connectivity index (χ3v) is 3.87. The maximum atomic E-state index is 10.8. The Balaban J connectivity index is 5.29. The van der Waals surface area contributed by atoms with Gasteiger partial charge in [0.15, 0.2) is 0 Å². The van der Waals surface area contributed by atoms with Crippen molar-refractivity contribution in [2.45, 2.75) is 38.0 Å². The first kappa shape index (κ1) is 19.7. The minimum Gasteiger partial charge on any atom is -0.394 e. The van der Waals surface area contributed by atoms with Crippen LogP contribution in [0.15, 0.2) is 0 Å². The van der Waals surface area contributed by atoms with Gasteiger partial charge in [-0.2, -0.15) is 8.42 Å². The molecule has 9 heteroatoms. The van der Waals surface area contributed by atoms with Crippen LogP contribution in [0.25, 0.3) is 0 Å². The average molecular weight is 315 g/mol. The van der Waals surface area contributed by atoms with Gasteiger partial charge < -0.3 is 20.4 Å². The summed E-state index contributed by atoms with van der Waals surface area (Å²) in [5, 5.41) is 38.1. The minimum absolute atomic E-state index is 0.245. The van der Waals surface area contributed by atoms with Crippen molar-refractivity contribution in [2.75, 3.05) is 32.1 Å². The van der Waals surface area contributed by atoms with Crippen molar-refractivity contribution in [1.82, 2.24) is 4.90 Å². The second-order valence-electron chi connectivity index (χ2n) is 5.88. The third-order valence-electron chi connectivity index (χ3n) is 3.06.